The standard InChI is InChI=1S/C19H19N3O5/c1-11-6-12-4-5-13(7-16(12)26-11)17-8-14(21-27-17)10-25-19(23)15-9-22(2)20-18(15)24-3/h4-5,7-9,11H,6,10H2,1-3H3. The molecule has 1 atom stereocenters. The molecule has 0 amide bonds. The second kappa shape index (κ2) is 6.79. The third-order valence-electron chi connectivity index (χ3n) is 4.31. The second-order valence-corrected chi connectivity index (χ2v) is 6.44. The van der Waals surface area contributed by atoms with Crippen molar-refractivity contribution in [3.8, 4) is 23.0 Å². The van der Waals surface area contributed by atoms with Crippen LogP contribution < -0.4 is 9.47 Å². The van der Waals surface area contributed by atoms with Gasteiger partial charge in [0.05, 0.1) is 7.11 Å². The van der Waals surface area contributed by atoms with Gasteiger partial charge in [0.15, 0.2) is 5.76 Å². The Hall–Kier alpha value is -3.29. The zero-order valence-electron chi connectivity index (χ0n) is 15.3. The Morgan fingerprint density at radius 2 is 2.22 bits per heavy atom. The first-order chi connectivity index (χ1) is 13.0. The molecule has 8 nitrogen and oxygen atoms in total. The van der Waals surface area contributed by atoms with Gasteiger partial charge in [0.1, 0.15) is 29.7 Å². The lowest BCUT2D eigenvalue weighted by Crippen LogP contribution is -2.06. The lowest BCUT2D eigenvalue weighted by molar-refractivity contribution is 0.0460. The number of esters is 1. The third kappa shape index (κ3) is 3.38. The minimum atomic E-state index is -0.538. The van der Waals surface area contributed by atoms with Gasteiger partial charge in [-0.25, -0.2) is 4.79 Å². The summed E-state index contributed by atoms with van der Waals surface area (Å²) >= 11 is 0. The van der Waals surface area contributed by atoms with E-state index in [1.54, 1.807) is 19.3 Å². The van der Waals surface area contributed by atoms with Crippen molar-refractivity contribution in [2.45, 2.75) is 26.1 Å². The lowest BCUT2D eigenvalue weighted by atomic mass is 10.1. The van der Waals surface area contributed by atoms with Crippen molar-refractivity contribution >= 4 is 5.97 Å². The number of hydrogen-bond acceptors (Lipinski definition) is 7. The van der Waals surface area contributed by atoms with E-state index in [2.05, 4.69) is 10.3 Å². The van der Waals surface area contributed by atoms with Gasteiger partial charge in [-0.1, -0.05) is 17.3 Å². The van der Waals surface area contributed by atoms with Crippen LogP contribution in [0.15, 0.2) is 35.0 Å². The monoisotopic (exact) mass is 369 g/mol. The van der Waals surface area contributed by atoms with E-state index >= 15 is 0 Å². The number of aryl methyl sites for hydroxylation is 1. The largest absolute Gasteiger partial charge is 0.490 e. The molecule has 2 aromatic heterocycles. The maximum Gasteiger partial charge on any atom is 0.345 e. The molecule has 1 aliphatic rings. The number of nitrogens with zero attached hydrogens (tertiary/aromatic N) is 3. The Labute approximate surface area is 155 Å². The van der Waals surface area contributed by atoms with Gasteiger partial charge in [0.2, 0.25) is 5.88 Å². The van der Waals surface area contributed by atoms with E-state index in [0.29, 0.717) is 11.5 Å². The second-order valence-electron chi connectivity index (χ2n) is 6.44. The average Bonchev–Trinajstić information content (AvgIpc) is 3.35. The summed E-state index contributed by atoms with van der Waals surface area (Å²) in [6.45, 7) is 2.02. The fourth-order valence-electron chi connectivity index (χ4n) is 3.05. The highest BCUT2D eigenvalue weighted by atomic mass is 16.5. The molecule has 0 radical (unpaired) electrons. The van der Waals surface area contributed by atoms with E-state index in [4.69, 9.17) is 18.7 Å². The Kier molecular flexibility index (Phi) is 4.31. The molecule has 0 spiro atoms. The fraction of sp³-hybridized carbons (Fsp3) is 0.316. The zero-order chi connectivity index (χ0) is 19.0. The van der Waals surface area contributed by atoms with Gasteiger partial charge in [0.25, 0.3) is 0 Å². The number of carbonyl (C=O) groups is 1. The maximum atomic E-state index is 12.2. The molecule has 3 aromatic rings. The Morgan fingerprint density at radius 1 is 1.37 bits per heavy atom. The number of ether oxygens (including phenoxy) is 3. The van der Waals surface area contributed by atoms with Gasteiger partial charge in [-0.2, -0.15) is 0 Å². The molecule has 0 saturated carbocycles. The summed E-state index contributed by atoms with van der Waals surface area (Å²) < 4.78 is 23.0. The van der Waals surface area contributed by atoms with Crippen molar-refractivity contribution in [3.63, 3.8) is 0 Å². The predicted octanol–water partition coefficient (Wildman–Crippen LogP) is 2.76. The molecule has 8 heteroatoms. The molecular formula is C19H19N3O5. The van der Waals surface area contributed by atoms with Crippen molar-refractivity contribution < 1.29 is 23.5 Å². The Morgan fingerprint density at radius 3 is 3.04 bits per heavy atom. The SMILES string of the molecule is COc1nn(C)cc1C(=O)OCc1cc(-c2ccc3c(c2)OC(C)C3)on1. The van der Waals surface area contributed by atoms with Crippen LogP contribution >= 0.6 is 0 Å². The van der Waals surface area contributed by atoms with Crippen LogP contribution in [0.5, 0.6) is 11.6 Å². The van der Waals surface area contributed by atoms with Crippen molar-refractivity contribution in [2.75, 3.05) is 7.11 Å². The highest BCUT2D eigenvalue weighted by Crippen LogP contribution is 2.33. The van der Waals surface area contributed by atoms with Crippen LogP contribution in [-0.4, -0.2) is 34.1 Å². The Balaban J connectivity index is 1.44. The molecule has 1 unspecified atom stereocenters. The van der Waals surface area contributed by atoms with Crippen LogP contribution in [0, 0.1) is 0 Å². The first kappa shape index (κ1) is 17.1. The van der Waals surface area contributed by atoms with E-state index < -0.39 is 5.97 Å². The number of benzene rings is 1. The normalized spacial score (nSPS) is 15.3. The summed E-state index contributed by atoms with van der Waals surface area (Å²) in [5, 5.41) is 8.00. The fourth-order valence-corrected chi connectivity index (χ4v) is 3.05. The van der Waals surface area contributed by atoms with Crippen LogP contribution in [0.2, 0.25) is 0 Å². The summed E-state index contributed by atoms with van der Waals surface area (Å²) in [5.41, 5.74) is 2.82. The van der Waals surface area contributed by atoms with Gasteiger partial charge in [-0.05, 0) is 18.6 Å². The number of fused-ring (bicyclic) bond motifs is 1. The van der Waals surface area contributed by atoms with Crippen molar-refractivity contribution in [1.82, 2.24) is 14.9 Å². The molecule has 27 heavy (non-hydrogen) atoms. The topological polar surface area (TPSA) is 88.6 Å². The van der Waals surface area contributed by atoms with E-state index in [1.165, 1.54) is 17.4 Å². The summed E-state index contributed by atoms with van der Waals surface area (Å²) in [7, 11) is 3.15. The molecule has 1 aromatic carbocycles. The average molecular weight is 369 g/mol. The van der Waals surface area contributed by atoms with Crippen molar-refractivity contribution in [3.05, 3.63) is 47.3 Å². The van der Waals surface area contributed by atoms with E-state index in [9.17, 15) is 4.79 Å². The molecule has 4 rings (SSSR count). The number of hydrogen-bond donors (Lipinski definition) is 0. The number of methoxy groups -OCH3 is 1. The number of rotatable bonds is 5. The third-order valence-corrected chi connectivity index (χ3v) is 4.31. The molecule has 140 valence electrons. The van der Waals surface area contributed by atoms with Gasteiger partial charge in [0, 0.05) is 31.3 Å². The first-order valence-electron chi connectivity index (χ1n) is 8.54. The molecule has 0 aliphatic carbocycles. The molecule has 0 fully saturated rings. The van der Waals surface area contributed by atoms with Crippen LogP contribution in [0.1, 0.15) is 28.5 Å². The van der Waals surface area contributed by atoms with Crippen LogP contribution in [0.4, 0.5) is 0 Å². The summed E-state index contributed by atoms with van der Waals surface area (Å²) in [6, 6.07) is 7.69. The summed E-state index contributed by atoms with van der Waals surface area (Å²) in [5.74, 6) is 1.14. The van der Waals surface area contributed by atoms with Crippen molar-refractivity contribution in [1.29, 1.82) is 0 Å². The number of carbonyl (C=O) groups excluding carboxylic acids is 1. The smallest absolute Gasteiger partial charge is 0.345 e. The highest BCUT2D eigenvalue weighted by Gasteiger charge is 2.21. The maximum absolute atomic E-state index is 12.2. The molecular weight excluding hydrogens is 350 g/mol. The first-order valence-corrected chi connectivity index (χ1v) is 8.54. The van der Waals surface area contributed by atoms with E-state index in [1.807, 2.05) is 25.1 Å². The zero-order valence-corrected chi connectivity index (χ0v) is 15.3. The quantitative estimate of drug-likeness (QED) is 0.639. The van der Waals surface area contributed by atoms with E-state index in [0.717, 1.165) is 17.7 Å². The molecule has 3 heterocycles. The van der Waals surface area contributed by atoms with E-state index in [-0.39, 0.29) is 24.2 Å². The molecule has 1 aliphatic heterocycles. The molecule has 0 N–H and O–H groups in total. The highest BCUT2D eigenvalue weighted by molar-refractivity contribution is 5.91. The molecule has 0 bridgehead atoms. The van der Waals surface area contributed by atoms with Gasteiger partial charge < -0.3 is 18.7 Å². The summed E-state index contributed by atoms with van der Waals surface area (Å²) in [4.78, 5) is 12.2. The van der Waals surface area contributed by atoms with Crippen molar-refractivity contribution in [2.24, 2.45) is 7.05 Å². The lowest BCUT2D eigenvalue weighted by Gasteiger charge is -2.03. The Bertz CT molecular complexity index is 991. The van der Waals surface area contributed by atoms with Gasteiger partial charge >= 0.3 is 5.97 Å². The minimum absolute atomic E-state index is 0.0150. The van der Waals surface area contributed by atoms with Crippen LogP contribution in [-0.2, 0) is 24.8 Å². The molecule has 0 saturated heterocycles. The van der Waals surface area contributed by atoms with Crippen LogP contribution in [0.3, 0.4) is 0 Å². The predicted molar refractivity (Wildman–Crippen MR) is 94.6 cm³/mol. The summed E-state index contributed by atoms with van der Waals surface area (Å²) in [6.07, 6.45) is 2.63. The van der Waals surface area contributed by atoms with Gasteiger partial charge in [-0.15, -0.1) is 5.10 Å². The minimum Gasteiger partial charge on any atom is -0.490 e. The van der Waals surface area contributed by atoms with Crippen LogP contribution in [0.25, 0.3) is 11.3 Å². The number of aromatic nitrogens is 3. The van der Waals surface area contributed by atoms with Gasteiger partial charge in [-0.3, -0.25) is 4.68 Å².